The molecule has 4 nitrogen and oxygen atoms in total. The van der Waals surface area contributed by atoms with Gasteiger partial charge in [0.1, 0.15) is 0 Å². The van der Waals surface area contributed by atoms with Gasteiger partial charge >= 0.3 is 0 Å². The summed E-state index contributed by atoms with van der Waals surface area (Å²) in [6.07, 6.45) is 0.673. The Balaban J connectivity index is 2.44. The standard InChI is InChI=1S/C11H16N2O2S/c1-8-2-3-11-10(6-8)13-9(4-5-12)7-16(11,14)15/h2-3,6,9,13H,4-5,7,12H2,1H3. The van der Waals surface area contributed by atoms with E-state index in [9.17, 15) is 8.42 Å². The minimum atomic E-state index is -3.15. The van der Waals surface area contributed by atoms with E-state index in [2.05, 4.69) is 5.32 Å². The van der Waals surface area contributed by atoms with Crippen molar-refractivity contribution >= 4 is 15.5 Å². The van der Waals surface area contributed by atoms with E-state index in [0.717, 1.165) is 5.56 Å². The van der Waals surface area contributed by atoms with Crippen LogP contribution in [0, 0.1) is 6.92 Å². The second kappa shape index (κ2) is 4.07. The van der Waals surface area contributed by atoms with Crippen LogP contribution in [0.25, 0.3) is 0 Å². The van der Waals surface area contributed by atoms with Gasteiger partial charge in [0.25, 0.3) is 0 Å². The van der Waals surface area contributed by atoms with Crippen molar-refractivity contribution in [1.82, 2.24) is 0 Å². The molecule has 5 heteroatoms. The number of sulfone groups is 1. The highest BCUT2D eigenvalue weighted by atomic mass is 32.2. The Hall–Kier alpha value is -1.07. The van der Waals surface area contributed by atoms with Gasteiger partial charge in [-0.25, -0.2) is 8.42 Å². The van der Waals surface area contributed by atoms with Gasteiger partial charge in [-0.2, -0.15) is 0 Å². The quantitative estimate of drug-likeness (QED) is 0.806. The topological polar surface area (TPSA) is 72.2 Å². The highest BCUT2D eigenvalue weighted by Gasteiger charge is 2.29. The molecule has 0 aromatic heterocycles. The Bertz CT molecular complexity index is 497. The molecule has 0 bridgehead atoms. The molecule has 0 amide bonds. The average Bonchev–Trinajstić information content (AvgIpc) is 2.15. The van der Waals surface area contributed by atoms with Gasteiger partial charge in [-0.15, -0.1) is 0 Å². The zero-order valence-corrected chi connectivity index (χ0v) is 10.0. The van der Waals surface area contributed by atoms with Crippen LogP contribution in [0.5, 0.6) is 0 Å². The minimum Gasteiger partial charge on any atom is -0.380 e. The number of rotatable bonds is 2. The monoisotopic (exact) mass is 240 g/mol. The van der Waals surface area contributed by atoms with Gasteiger partial charge in [-0.1, -0.05) is 6.07 Å². The third-order valence-electron chi connectivity index (χ3n) is 2.77. The molecule has 0 saturated heterocycles. The summed E-state index contributed by atoms with van der Waals surface area (Å²) in [5.41, 5.74) is 7.23. The van der Waals surface area contributed by atoms with Crippen molar-refractivity contribution in [2.45, 2.75) is 24.3 Å². The van der Waals surface area contributed by atoms with Gasteiger partial charge < -0.3 is 11.1 Å². The first-order chi connectivity index (χ1) is 7.53. The van der Waals surface area contributed by atoms with Crippen LogP contribution in [0.3, 0.4) is 0 Å². The average molecular weight is 240 g/mol. The van der Waals surface area contributed by atoms with Crippen LogP contribution >= 0.6 is 0 Å². The molecule has 1 aliphatic rings. The zero-order valence-electron chi connectivity index (χ0n) is 9.23. The Morgan fingerprint density at radius 3 is 2.94 bits per heavy atom. The number of nitrogens with one attached hydrogen (secondary N) is 1. The molecular formula is C11H16N2O2S. The van der Waals surface area contributed by atoms with Gasteiger partial charge in [-0.05, 0) is 37.6 Å². The van der Waals surface area contributed by atoms with E-state index in [-0.39, 0.29) is 11.8 Å². The fraction of sp³-hybridized carbons (Fsp3) is 0.455. The number of hydrogen-bond acceptors (Lipinski definition) is 4. The lowest BCUT2D eigenvalue weighted by Gasteiger charge is -2.26. The van der Waals surface area contributed by atoms with E-state index >= 15 is 0 Å². The maximum absolute atomic E-state index is 12.0. The van der Waals surface area contributed by atoms with E-state index in [1.165, 1.54) is 0 Å². The first-order valence-corrected chi connectivity index (χ1v) is 6.98. The van der Waals surface area contributed by atoms with Crippen molar-refractivity contribution in [3.63, 3.8) is 0 Å². The van der Waals surface area contributed by atoms with Crippen LogP contribution in [0.1, 0.15) is 12.0 Å². The summed E-state index contributed by atoms with van der Waals surface area (Å²) in [7, 11) is -3.15. The highest BCUT2D eigenvalue weighted by Crippen LogP contribution is 2.29. The number of aryl methyl sites for hydroxylation is 1. The molecule has 2 rings (SSSR count). The summed E-state index contributed by atoms with van der Waals surface area (Å²) < 4.78 is 24.0. The fourth-order valence-corrected chi connectivity index (χ4v) is 3.69. The fourth-order valence-electron chi connectivity index (χ4n) is 2.00. The van der Waals surface area contributed by atoms with E-state index in [1.54, 1.807) is 6.07 Å². The molecule has 88 valence electrons. The zero-order chi connectivity index (χ0) is 11.8. The molecular weight excluding hydrogens is 224 g/mol. The van der Waals surface area contributed by atoms with E-state index < -0.39 is 9.84 Å². The molecule has 1 aliphatic heterocycles. The molecule has 1 heterocycles. The maximum Gasteiger partial charge on any atom is 0.182 e. The maximum atomic E-state index is 12.0. The molecule has 16 heavy (non-hydrogen) atoms. The number of hydrogen-bond donors (Lipinski definition) is 2. The molecule has 1 atom stereocenters. The smallest absolute Gasteiger partial charge is 0.182 e. The van der Waals surface area contributed by atoms with Crippen LogP contribution in [0.15, 0.2) is 23.1 Å². The molecule has 1 aromatic carbocycles. The number of fused-ring (bicyclic) bond motifs is 1. The van der Waals surface area contributed by atoms with Crippen LogP contribution in [0.2, 0.25) is 0 Å². The SMILES string of the molecule is Cc1ccc2c(c1)NC(CCN)CS2(=O)=O. The Kier molecular flexibility index (Phi) is 2.90. The minimum absolute atomic E-state index is 0.0655. The highest BCUT2D eigenvalue weighted by molar-refractivity contribution is 7.91. The third kappa shape index (κ3) is 2.05. The number of benzene rings is 1. The van der Waals surface area contributed by atoms with E-state index in [0.29, 0.717) is 23.5 Å². The van der Waals surface area contributed by atoms with Crippen LogP contribution in [0.4, 0.5) is 5.69 Å². The predicted molar refractivity (Wildman–Crippen MR) is 64.3 cm³/mol. The van der Waals surface area contributed by atoms with E-state index in [1.807, 2.05) is 19.1 Å². The van der Waals surface area contributed by atoms with Gasteiger partial charge in [-0.3, -0.25) is 0 Å². The van der Waals surface area contributed by atoms with Gasteiger partial charge in [0.2, 0.25) is 0 Å². The Labute approximate surface area is 95.8 Å². The van der Waals surface area contributed by atoms with Gasteiger partial charge in [0, 0.05) is 6.04 Å². The number of anilines is 1. The molecule has 3 N–H and O–H groups in total. The predicted octanol–water partition coefficient (Wildman–Crippen LogP) is 0.912. The molecule has 0 saturated carbocycles. The Morgan fingerprint density at radius 2 is 2.25 bits per heavy atom. The first-order valence-electron chi connectivity index (χ1n) is 5.33. The first kappa shape index (κ1) is 11.4. The van der Waals surface area contributed by atoms with Crippen molar-refractivity contribution in [3.8, 4) is 0 Å². The van der Waals surface area contributed by atoms with Crippen LogP contribution in [-0.2, 0) is 9.84 Å². The largest absolute Gasteiger partial charge is 0.380 e. The third-order valence-corrected chi connectivity index (χ3v) is 4.63. The molecule has 0 radical (unpaired) electrons. The molecule has 1 aromatic rings. The van der Waals surface area contributed by atoms with Crippen molar-refractivity contribution in [2.24, 2.45) is 5.73 Å². The second-order valence-electron chi connectivity index (χ2n) is 4.20. The summed E-state index contributed by atoms with van der Waals surface area (Å²) in [4.78, 5) is 0.409. The number of nitrogens with two attached hydrogens (primary N) is 1. The summed E-state index contributed by atoms with van der Waals surface area (Å²) in [6.45, 7) is 2.44. The lowest BCUT2D eigenvalue weighted by molar-refractivity contribution is 0.580. The van der Waals surface area contributed by atoms with E-state index in [4.69, 9.17) is 5.73 Å². The van der Waals surface area contributed by atoms with Crippen molar-refractivity contribution in [3.05, 3.63) is 23.8 Å². The second-order valence-corrected chi connectivity index (χ2v) is 6.20. The molecule has 0 spiro atoms. The van der Waals surface area contributed by atoms with Crippen molar-refractivity contribution in [1.29, 1.82) is 0 Å². The summed E-state index contributed by atoms with van der Waals surface area (Å²) in [6, 6.07) is 5.30. The summed E-state index contributed by atoms with van der Waals surface area (Å²) in [5, 5.41) is 3.24. The van der Waals surface area contributed by atoms with Crippen molar-refractivity contribution in [2.75, 3.05) is 17.6 Å². The Morgan fingerprint density at radius 1 is 1.50 bits per heavy atom. The van der Waals surface area contributed by atoms with Crippen LogP contribution in [-0.4, -0.2) is 26.8 Å². The molecule has 1 unspecified atom stereocenters. The van der Waals surface area contributed by atoms with Gasteiger partial charge in [0.05, 0.1) is 16.3 Å². The molecule has 0 fully saturated rings. The lowest BCUT2D eigenvalue weighted by Crippen LogP contribution is -2.35. The normalized spacial score (nSPS) is 22.2. The van der Waals surface area contributed by atoms with Crippen molar-refractivity contribution < 1.29 is 8.42 Å². The summed E-state index contributed by atoms with van der Waals surface area (Å²) in [5.74, 6) is 0.139. The van der Waals surface area contributed by atoms with Gasteiger partial charge in [0.15, 0.2) is 9.84 Å². The van der Waals surface area contributed by atoms with Crippen LogP contribution < -0.4 is 11.1 Å². The molecule has 0 aliphatic carbocycles. The lowest BCUT2D eigenvalue weighted by atomic mass is 10.1. The summed E-state index contributed by atoms with van der Waals surface area (Å²) >= 11 is 0.